The molecule has 152 valence electrons. The number of carbonyl (C=O) groups excluding carboxylic acids is 2. The summed E-state index contributed by atoms with van der Waals surface area (Å²) in [5.41, 5.74) is 0.770. The summed E-state index contributed by atoms with van der Waals surface area (Å²) in [7, 11) is 0. The summed E-state index contributed by atoms with van der Waals surface area (Å²) in [6.45, 7) is 0. The number of rotatable bonds is 6. The molecule has 3 rings (SSSR count). The first-order chi connectivity index (χ1) is 15.0. The van der Waals surface area contributed by atoms with Crippen molar-refractivity contribution in [3.63, 3.8) is 0 Å². The van der Waals surface area contributed by atoms with Crippen molar-refractivity contribution in [1.29, 1.82) is 5.26 Å². The fourth-order valence-corrected chi connectivity index (χ4v) is 2.58. The molecular weight excluding hydrogens is 398 g/mol. The van der Waals surface area contributed by atoms with Gasteiger partial charge in [0.2, 0.25) is 0 Å². The van der Waals surface area contributed by atoms with Crippen molar-refractivity contribution in [3.8, 4) is 11.8 Å². The zero-order valence-corrected chi connectivity index (χ0v) is 16.0. The van der Waals surface area contributed by atoms with Crippen LogP contribution in [0.25, 0.3) is 6.08 Å². The SMILES string of the molecule is N#C/C(=C/c1ccc(OC(=O)c2ccccc2)cc1)C(=O)Nc1cccc([N+](=O)[O-])c1. The largest absolute Gasteiger partial charge is 0.423 e. The van der Waals surface area contributed by atoms with E-state index < -0.39 is 16.8 Å². The van der Waals surface area contributed by atoms with Crippen LogP contribution in [0, 0.1) is 21.4 Å². The van der Waals surface area contributed by atoms with Gasteiger partial charge in [-0.25, -0.2) is 4.79 Å². The Morgan fingerprint density at radius 3 is 2.35 bits per heavy atom. The molecule has 0 aliphatic rings. The van der Waals surface area contributed by atoms with Gasteiger partial charge in [0.15, 0.2) is 0 Å². The maximum atomic E-state index is 12.4. The van der Waals surface area contributed by atoms with Crippen molar-refractivity contribution < 1.29 is 19.2 Å². The Kier molecular flexibility index (Phi) is 6.50. The van der Waals surface area contributed by atoms with Crippen LogP contribution in [0.1, 0.15) is 15.9 Å². The number of esters is 1. The lowest BCUT2D eigenvalue weighted by molar-refractivity contribution is -0.384. The number of nitrogens with one attached hydrogen (secondary N) is 1. The number of hydrogen-bond donors (Lipinski definition) is 1. The van der Waals surface area contributed by atoms with Crippen molar-refractivity contribution in [1.82, 2.24) is 0 Å². The third-order valence-corrected chi connectivity index (χ3v) is 4.09. The molecule has 8 heteroatoms. The highest BCUT2D eigenvalue weighted by molar-refractivity contribution is 6.09. The fourth-order valence-electron chi connectivity index (χ4n) is 2.58. The highest BCUT2D eigenvalue weighted by Crippen LogP contribution is 2.19. The summed E-state index contributed by atoms with van der Waals surface area (Å²) in [4.78, 5) is 34.7. The van der Waals surface area contributed by atoms with Crippen LogP contribution < -0.4 is 10.1 Å². The molecule has 0 atom stereocenters. The molecule has 0 saturated carbocycles. The molecule has 0 spiro atoms. The number of nitrogens with zero attached hydrogens (tertiary/aromatic N) is 2. The zero-order chi connectivity index (χ0) is 22.2. The average Bonchev–Trinajstić information content (AvgIpc) is 2.79. The number of carbonyl (C=O) groups is 2. The van der Waals surface area contributed by atoms with Crippen LogP contribution >= 0.6 is 0 Å². The first-order valence-electron chi connectivity index (χ1n) is 9.01. The number of non-ortho nitro benzene ring substituents is 1. The lowest BCUT2D eigenvalue weighted by Crippen LogP contribution is -2.13. The van der Waals surface area contributed by atoms with Crippen LogP contribution in [0.4, 0.5) is 11.4 Å². The van der Waals surface area contributed by atoms with Gasteiger partial charge in [-0.15, -0.1) is 0 Å². The third-order valence-electron chi connectivity index (χ3n) is 4.09. The average molecular weight is 413 g/mol. The second kappa shape index (κ2) is 9.62. The molecule has 0 aromatic heterocycles. The summed E-state index contributed by atoms with van der Waals surface area (Å²) >= 11 is 0. The molecule has 0 aliphatic heterocycles. The van der Waals surface area contributed by atoms with Crippen molar-refractivity contribution in [2.45, 2.75) is 0 Å². The Bertz CT molecular complexity index is 1200. The minimum absolute atomic E-state index is 0.180. The number of nitriles is 1. The number of amides is 1. The molecule has 31 heavy (non-hydrogen) atoms. The van der Waals surface area contributed by atoms with Crippen molar-refractivity contribution in [2.75, 3.05) is 5.32 Å². The summed E-state index contributed by atoms with van der Waals surface area (Å²) in [5, 5.41) is 22.6. The lowest BCUT2D eigenvalue weighted by atomic mass is 10.1. The van der Waals surface area contributed by atoms with Gasteiger partial charge in [-0.05, 0) is 42.0 Å². The van der Waals surface area contributed by atoms with Gasteiger partial charge in [0, 0.05) is 17.8 Å². The number of ether oxygens (including phenoxy) is 1. The molecule has 8 nitrogen and oxygen atoms in total. The van der Waals surface area contributed by atoms with Crippen LogP contribution in [0.2, 0.25) is 0 Å². The van der Waals surface area contributed by atoms with E-state index in [1.807, 2.05) is 0 Å². The smallest absolute Gasteiger partial charge is 0.343 e. The van der Waals surface area contributed by atoms with Crippen molar-refractivity contribution in [3.05, 3.63) is 106 Å². The minimum Gasteiger partial charge on any atom is -0.423 e. The maximum Gasteiger partial charge on any atom is 0.343 e. The molecule has 0 bridgehead atoms. The Hall–Kier alpha value is -4.77. The van der Waals surface area contributed by atoms with Crippen LogP contribution in [-0.4, -0.2) is 16.8 Å². The first kappa shape index (κ1) is 21.0. The molecular formula is C23H15N3O5. The Morgan fingerprint density at radius 1 is 1.00 bits per heavy atom. The van der Waals surface area contributed by atoms with E-state index in [1.54, 1.807) is 60.7 Å². The Morgan fingerprint density at radius 2 is 1.71 bits per heavy atom. The molecule has 1 N–H and O–H groups in total. The van der Waals surface area contributed by atoms with E-state index in [9.17, 15) is 25.0 Å². The van der Waals surface area contributed by atoms with Crippen LogP contribution in [0.15, 0.2) is 84.4 Å². The summed E-state index contributed by atoms with van der Waals surface area (Å²) in [5.74, 6) is -0.897. The lowest BCUT2D eigenvalue weighted by Gasteiger charge is -2.06. The molecule has 0 radical (unpaired) electrons. The second-order valence-electron chi connectivity index (χ2n) is 6.26. The van der Waals surface area contributed by atoms with Crippen LogP contribution in [-0.2, 0) is 4.79 Å². The van der Waals surface area contributed by atoms with E-state index in [-0.39, 0.29) is 16.9 Å². The predicted molar refractivity (Wildman–Crippen MR) is 113 cm³/mol. The molecule has 0 fully saturated rings. The molecule has 0 heterocycles. The molecule has 0 saturated heterocycles. The van der Waals surface area contributed by atoms with Gasteiger partial charge >= 0.3 is 5.97 Å². The first-order valence-corrected chi connectivity index (χ1v) is 9.01. The molecule has 0 aliphatic carbocycles. The topological polar surface area (TPSA) is 122 Å². The van der Waals surface area contributed by atoms with Gasteiger partial charge in [-0.3, -0.25) is 14.9 Å². The van der Waals surface area contributed by atoms with E-state index in [0.29, 0.717) is 16.9 Å². The highest BCUT2D eigenvalue weighted by Gasteiger charge is 2.12. The van der Waals surface area contributed by atoms with E-state index in [4.69, 9.17) is 4.74 Å². The summed E-state index contributed by atoms with van der Waals surface area (Å²) in [6.07, 6.45) is 1.36. The van der Waals surface area contributed by atoms with Crippen molar-refractivity contribution >= 4 is 29.3 Å². The number of hydrogen-bond acceptors (Lipinski definition) is 6. The number of nitro benzene ring substituents is 1. The molecule has 1 amide bonds. The fraction of sp³-hybridized carbons (Fsp3) is 0. The normalized spacial score (nSPS) is 10.6. The standard InChI is InChI=1S/C23H15N3O5/c24-15-18(22(27)25-19-7-4-8-20(14-19)26(29)30)13-16-9-11-21(12-10-16)31-23(28)17-5-2-1-3-6-17/h1-14H,(H,25,27)/b18-13-. The maximum absolute atomic E-state index is 12.4. The zero-order valence-electron chi connectivity index (χ0n) is 16.0. The summed E-state index contributed by atoms with van der Waals surface area (Å²) in [6, 6.07) is 22.0. The Balaban J connectivity index is 1.70. The van der Waals surface area contributed by atoms with Crippen molar-refractivity contribution in [2.24, 2.45) is 0 Å². The number of benzene rings is 3. The van der Waals surface area contributed by atoms with E-state index >= 15 is 0 Å². The van der Waals surface area contributed by atoms with Gasteiger partial charge in [0.25, 0.3) is 11.6 Å². The molecule has 0 unspecified atom stereocenters. The number of nitro groups is 1. The van der Waals surface area contributed by atoms with E-state index in [0.717, 1.165) is 0 Å². The van der Waals surface area contributed by atoms with Gasteiger partial charge in [-0.2, -0.15) is 5.26 Å². The minimum atomic E-state index is -0.706. The molecule has 3 aromatic carbocycles. The number of anilines is 1. The van der Waals surface area contributed by atoms with Crippen LogP contribution in [0.5, 0.6) is 5.75 Å². The highest BCUT2D eigenvalue weighted by atomic mass is 16.6. The predicted octanol–water partition coefficient (Wildman–Crippen LogP) is 4.36. The third kappa shape index (κ3) is 5.62. The van der Waals surface area contributed by atoms with Crippen LogP contribution in [0.3, 0.4) is 0 Å². The quantitative estimate of drug-likeness (QED) is 0.160. The van der Waals surface area contributed by atoms with Gasteiger partial charge in [-0.1, -0.05) is 36.4 Å². The van der Waals surface area contributed by atoms with Gasteiger partial charge in [0.1, 0.15) is 17.4 Å². The van der Waals surface area contributed by atoms with E-state index in [1.165, 1.54) is 30.3 Å². The van der Waals surface area contributed by atoms with Gasteiger partial charge in [0.05, 0.1) is 10.5 Å². The monoisotopic (exact) mass is 413 g/mol. The summed E-state index contributed by atoms with van der Waals surface area (Å²) < 4.78 is 5.28. The second-order valence-corrected chi connectivity index (χ2v) is 6.26. The van der Waals surface area contributed by atoms with E-state index in [2.05, 4.69) is 5.32 Å². The van der Waals surface area contributed by atoms with Gasteiger partial charge < -0.3 is 10.1 Å². The molecule has 3 aromatic rings. The Labute approximate surface area is 177 Å².